The predicted octanol–water partition coefficient (Wildman–Crippen LogP) is 3.34. The first-order valence-corrected chi connectivity index (χ1v) is 10.2. The molecule has 1 amide bonds. The summed E-state index contributed by atoms with van der Waals surface area (Å²) in [6.45, 7) is 3.32. The largest absolute Gasteiger partial charge is 0.486 e. The number of carbonyl (C=O) groups excluding carboxylic acids is 1. The van der Waals surface area contributed by atoms with E-state index in [2.05, 4.69) is 46.6 Å². The molecule has 4 rings (SSSR count). The summed E-state index contributed by atoms with van der Waals surface area (Å²) >= 11 is 0. The highest BCUT2D eigenvalue weighted by molar-refractivity contribution is 5.78. The van der Waals surface area contributed by atoms with Crippen LogP contribution in [0.3, 0.4) is 0 Å². The molecule has 28 heavy (non-hydrogen) atoms. The van der Waals surface area contributed by atoms with E-state index in [4.69, 9.17) is 9.47 Å². The van der Waals surface area contributed by atoms with Gasteiger partial charge in [0.2, 0.25) is 5.91 Å². The van der Waals surface area contributed by atoms with Crippen molar-refractivity contribution in [2.24, 2.45) is 0 Å². The van der Waals surface area contributed by atoms with Crippen molar-refractivity contribution in [3.63, 3.8) is 0 Å². The summed E-state index contributed by atoms with van der Waals surface area (Å²) in [5.74, 6) is 1.74. The van der Waals surface area contributed by atoms with Crippen molar-refractivity contribution in [3.05, 3.63) is 59.7 Å². The molecule has 0 radical (unpaired) electrons. The van der Waals surface area contributed by atoms with Crippen LogP contribution in [0.2, 0.25) is 0 Å². The topological polar surface area (TPSA) is 50.8 Å². The second-order valence-electron chi connectivity index (χ2n) is 7.47. The maximum absolute atomic E-state index is 12.4. The van der Waals surface area contributed by atoms with E-state index in [-0.39, 0.29) is 11.9 Å². The lowest BCUT2D eigenvalue weighted by molar-refractivity contribution is -0.122. The molecule has 5 heteroatoms. The zero-order valence-corrected chi connectivity index (χ0v) is 16.2. The molecule has 2 aliphatic rings. The number of aryl methyl sites for hydroxylation is 1. The second kappa shape index (κ2) is 9.11. The fourth-order valence-corrected chi connectivity index (χ4v) is 4.07. The van der Waals surface area contributed by atoms with Gasteiger partial charge in [-0.05, 0) is 55.5 Å². The van der Waals surface area contributed by atoms with Gasteiger partial charge in [-0.15, -0.1) is 0 Å². The van der Waals surface area contributed by atoms with Crippen LogP contribution >= 0.6 is 0 Å². The monoisotopic (exact) mass is 380 g/mol. The molecule has 1 N–H and O–H groups in total. The number of fused-ring (bicyclic) bond motifs is 1. The van der Waals surface area contributed by atoms with E-state index >= 15 is 0 Å². The van der Waals surface area contributed by atoms with Crippen LogP contribution < -0.4 is 14.8 Å². The Morgan fingerprint density at radius 1 is 1.07 bits per heavy atom. The molecule has 2 aliphatic heterocycles. The average molecular weight is 380 g/mol. The molecule has 0 bridgehead atoms. The van der Waals surface area contributed by atoms with Crippen LogP contribution in [-0.4, -0.2) is 43.7 Å². The predicted molar refractivity (Wildman–Crippen MR) is 109 cm³/mol. The van der Waals surface area contributed by atoms with Gasteiger partial charge in [-0.1, -0.05) is 36.4 Å². The van der Waals surface area contributed by atoms with Gasteiger partial charge in [0.05, 0.1) is 6.54 Å². The minimum absolute atomic E-state index is 0.109. The number of likely N-dealkylation sites (tertiary alicyclic amines) is 1. The minimum Gasteiger partial charge on any atom is -0.486 e. The van der Waals surface area contributed by atoms with Crippen molar-refractivity contribution >= 4 is 5.91 Å². The summed E-state index contributed by atoms with van der Waals surface area (Å²) in [6.07, 6.45) is 4.13. The zero-order chi connectivity index (χ0) is 19.2. The highest BCUT2D eigenvalue weighted by atomic mass is 16.6. The lowest BCUT2D eigenvalue weighted by atomic mass is 10.0. The third-order valence-corrected chi connectivity index (χ3v) is 5.47. The van der Waals surface area contributed by atoms with Crippen molar-refractivity contribution in [2.45, 2.75) is 31.7 Å². The number of nitrogens with one attached hydrogen (secondary N) is 1. The van der Waals surface area contributed by atoms with Gasteiger partial charge in [-0.2, -0.15) is 0 Å². The summed E-state index contributed by atoms with van der Waals surface area (Å²) in [7, 11) is 0. The number of carbonyl (C=O) groups is 1. The van der Waals surface area contributed by atoms with Gasteiger partial charge < -0.3 is 14.8 Å². The average Bonchev–Trinajstić information content (AvgIpc) is 3.19. The minimum atomic E-state index is 0.109. The van der Waals surface area contributed by atoms with Crippen LogP contribution in [0.5, 0.6) is 11.5 Å². The Bertz CT molecular complexity index is 794. The van der Waals surface area contributed by atoms with Crippen LogP contribution in [0.4, 0.5) is 0 Å². The number of rotatable bonds is 7. The summed E-state index contributed by atoms with van der Waals surface area (Å²) in [5, 5.41) is 3.08. The Morgan fingerprint density at radius 2 is 1.89 bits per heavy atom. The summed E-state index contributed by atoms with van der Waals surface area (Å²) < 4.78 is 11.3. The number of benzene rings is 2. The molecule has 1 fully saturated rings. The Kier molecular flexibility index (Phi) is 6.12. The molecule has 5 nitrogen and oxygen atoms in total. The first kappa shape index (κ1) is 18.8. The van der Waals surface area contributed by atoms with Gasteiger partial charge >= 0.3 is 0 Å². The molecule has 2 heterocycles. The highest BCUT2D eigenvalue weighted by Gasteiger charge is 2.28. The molecule has 0 aromatic heterocycles. The summed E-state index contributed by atoms with van der Waals surface area (Å²) in [4.78, 5) is 14.7. The molecule has 2 aromatic rings. The van der Waals surface area contributed by atoms with Crippen LogP contribution in [0.1, 0.15) is 36.4 Å². The standard InChI is InChI=1S/C23H28N2O3/c26-23(24-12-4-8-18-6-2-1-3-7-18)17-25-13-5-9-20(25)19-10-11-21-22(16-19)28-15-14-27-21/h1-3,6-7,10-11,16,20H,4-5,8-9,12-15,17H2,(H,24,26)/t20-/m0/s1. The van der Waals surface area contributed by atoms with E-state index in [1.807, 2.05) is 12.1 Å². The van der Waals surface area contributed by atoms with E-state index in [0.717, 1.165) is 50.3 Å². The maximum atomic E-state index is 12.4. The molecule has 0 saturated carbocycles. The Hall–Kier alpha value is -2.53. The van der Waals surface area contributed by atoms with Crippen molar-refractivity contribution < 1.29 is 14.3 Å². The molecule has 2 aromatic carbocycles. The third kappa shape index (κ3) is 4.65. The van der Waals surface area contributed by atoms with Crippen molar-refractivity contribution in [1.29, 1.82) is 0 Å². The number of nitrogens with zero attached hydrogens (tertiary/aromatic N) is 1. The SMILES string of the molecule is O=C(CN1CCC[C@H]1c1ccc2c(c1)OCCO2)NCCCc1ccccc1. The summed E-state index contributed by atoms with van der Waals surface area (Å²) in [6, 6.07) is 16.8. The highest BCUT2D eigenvalue weighted by Crippen LogP contribution is 2.37. The number of hydrogen-bond acceptors (Lipinski definition) is 4. The maximum Gasteiger partial charge on any atom is 0.234 e. The van der Waals surface area contributed by atoms with Gasteiger partial charge in [-0.3, -0.25) is 9.69 Å². The molecule has 0 spiro atoms. The molecule has 0 unspecified atom stereocenters. The van der Waals surface area contributed by atoms with Crippen LogP contribution in [0.15, 0.2) is 48.5 Å². The Balaban J connectivity index is 1.27. The van der Waals surface area contributed by atoms with E-state index in [0.29, 0.717) is 19.8 Å². The third-order valence-electron chi connectivity index (χ3n) is 5.47. The van der Waals surface area contributed by atoms with Gasteiger partial charge in [0.15, 0.2) is 11.5 Å². The van der Waals surface area contributed by atoms with Gasteiger partial charge in [0.1, 0.15) is 13.2 Å². The normalized spacial score (nSPS) is 18.8. The molecule has 148 valence electrons. The Morgan fingerprint density at radius 3 is 2.75 bits per heavy atom. The Labute approximate surface area is 166 Å². The lowest BCUT2D eigenvalue weighted by Gasteiger charge is -2.26. The fourth-order valence-electron chi connectivity index (χ4n) is 4.07. The number of hydrogen-bond donors (Lipinski definition) is 1. The fraction of sp³-hybridized carbons (Fsp3) is 0.435. The second-order valence-corrected chi connectivity index (χ2v) is 7.47. The van der Waals surface area contributed by atoms with Crippen molar-refractivity contribution in [1.82, 2.24) is 10.2 Å². The van der Waals surface area contributed by atoms with Gasteiger partial charge in [0.25, 0.3) is 0 Å². The molecular weight excluding hydrogens is 352 g/mol. The van der Waals surface area contributed by atoms with Crippen LogP contribution in [-0.2, 0) is 11.2 Å². The molecule has 0 aliphatic carbocycles. The smallest absolute Gasteiger partial charge is 0.234 e. The van der Waals surface area contributed by atoms with Crippen molar-refractivity contribution in [3.8, 4) is 11.5 Å². The van der Waals surface area contributed by atoms with E-state index in [1.165, 1.54) is 11.1 Å². The lowest BCUT2D eigenvalue weighted by Crippen LogP contribution is -2.37. The van der Waals surface area contributed by atoms with Gasteiger partial charge in [0, 0.05) is 12.6 Å². The van der Waals surface area contributed by atoms with Crippen LogP contribution in [0, 0.1) is 0 Å². The van der Waals surface area contributed by atoms with Gasteiger partial charge in [-0.25, -0.2) is 0 Å². The summed E-state index contributed by atoms with van der Waals surface area (Å²) in [5.41, 5.74) is 2.52. The molecule has 1 atom stereocenters. The van der Waals surface area contributed by atoms with E-state index < -0.39 is 0 Å². The molecular formula is C23H28N2O3. The van der Waals surface area contributed by atoms with E-state index in [9.17, 15) is 4.79 Å². The molecule has 1 saturated heterocycles. The first-order chi connectivity index (χ1) is 13.8. The van der Waals surface area contributed by atoms with Crippen LogP contribution in [0.25, 0.3) is 0 Å². The first-order valence-electron chi connectivity index (χ1n) is 10.2. The quantitative estimate of drug-likeness (QED) is 0.749. The number of amides is 1. The van der Waals surface area contributed by atoms with Crippen molar-refractivity contribution in [2.75, 3.05) is 32.8 Å². The number of ether oxygens (including phenoxy) is 2. The zero-order valence-electron chi connectivity index (χ0n) is 16.2. The van der Waals surface area contributed by atoms with E-state index in [1.54, 1.807) is 0 Å².